The first-order valence-electron chi connectivity index (χ1n) is 5.16. The molecule has 1 aromatic rings. The first-order valence-corrected chi connectivity index (χ1v) is 5.16. The highest BCUT2D eigenvalue weighted by molar-refractivity contribution is 5.95. The molecule has 92 valence electrons. The number of hydrogen-bond acceptors (Lipinski definition) is 3. The van der Waals surface area contributed by atoms with Crippen LogP contribution in [0.1, 0.15) is 10.4 Å². The Balaban J connectivity index is 2.99. The number of anilines is 1. The highest BCUT2D eigenvalue weighted by Crippen LogP contribution is 2.14. The van der Waals surface area contributed by atoms with Crippen molar-refractivity contribution in [3.05, 3.63) is 42.2 Å². The zero-order valence-corrected chi connectivity index (χ0v) is 9.40. The third kappa shape index (κ3) is 3.29. The van der Waals surface area contributed by atoms with Crippen LogP contribution in [-0.4, -0.2) is 35.6 Å². The minimum Gasteiger partial charge on any atom is -0.399 e. The molecule has 17 heavy (non-hydrogen) atoms. The van der Waals surface area contributed by atoms with Crippen LogP contribution in [0, 0.1) is 5.82 Å². The van der Waals surface area contributed by atoms with E-state index in [1.54, 1.807) is 0 Å². The van der Waals surface area contributed by atoms with Gasteiger partial charge >= 0.3 is 0 Å². The number of aliphatic hydroxyl groups is 1. The van der Waals surface area contributed by atoms with Crippen LogP contribution >= 0.6 is 0 Å². The maximum Gasteiger partial charge on any atom is 0.257 e. The molecular formula is C12H15FN2O2. The van der Waals surface area contributed by atoms with Crippen molar-refractivity contribution in [2.75, 3.05) is 25.4 Å². The number of rotatable bonds is 5. The molecule has 0 spiro atoms. The zero-order chi connectivity index (χ0) is 12.8. The molecule has 0 heterocycles. The summed E-state index contributed by atoms with van der Waals surface area (Å²) in [5.41, 5.74) is 5.73. The Labute approximate surface area is 99.2 Å². The maximum atomic E-state index is 13.5. The Morgan fingerprint density at radius 1 is 1.59 bits per heavy atom. The van der Waals surface area contributed by atoms with Crippen molar-refractivity contribution in [3.63, 3.8) is 0 Å². The van der Waals surface area contributed by atoms with E-state index in [0.29, 0.717) is 5.69 Å². The summed E-state index contributed by atoms with van der Waals surface area (Å²) in [5, 5.41) is 8.84. The van der Waals surface area contributed by atoms with Crippen molar-refractivity contribution in [2.24, 2.45) is 0 Å². The summed E-state index contributed by atoms with van der Waals surface area (Å²) in [5.74, 6) is -1.14. The van der Waals surface area contributed by atoms with Gasteiger partial charge < -0.3 is 15.7 Å². The monoisotopic (exact) mass is 238 g/mol. The van der Waals surface area contributed by atoms with Crippen LogP contribution in [0.4, 0.5) is 10.1 Å². The SMILES string of the molecule is C=CCN(CCO)C(=O)c1cc(N)ccc1F. The second-order valence-electron chi connectivity index (χ2n) is 3.50. The molecule has 5 heteroatoms. The summed E-state index contributed by atoms with van der Waals surface area (Å²) < 4.78 is 13.5. The first kappa shape index (κ1) is 13.2. The first-order chi connectivity index (χ1) is 8.10. The van der Waals surface area contributed by atoms with Crippen molar-refractivity contribution in [2.45, 2.75) is 0 Å². The third-order valence-corrected chi connectivity index (χ3v) is 2.23. The van der Waals surface area contributed by atoms with Gasteiger partial charge in [0.2, 0.25) is 0 Å². The maximum absolute atomic E-state index is 13.5. The van der Waals surface area contributed by atoms with Gasteiger partial charge in [-0.2, -0.15) is 0 Å². The number of hydrogen-bond donors (Lipinski definition) is 2. The topological polar surface area (TPSA) is 66.6 Å². The summed E-state index contributed by atoms with van der Waals surface area (Å²) in [6, 6.07) is 3.81. The summed E-state index contributed by atoms with van der Waals surface area (Å²) in [6.45, 7) is 3.68. The highest BCUT2D eigenvalue weighted by Gasteiger charge is 2.18. The van der Waals surface area contributed by atoms with E-state index in [0.717, 1.165) is 6.07 Å². The molecule has 1 amide bonds. The molecule has 0 unspecified atom stereocenters. The summed E-state index contributed by atoms with van der Waals surface area (Å²) in [6.07, 6.45) is 1.51. The number of benzene rings is 1. The lowest BCUT2D eigenvalue weighted by atomic mass is 10.1. The quantitative estimate of drug-likeness (QED) is 0.594. The fourth-order valence-electron chi connectivity index (χ4n) is 1.43. The predicted octanol–water partition coefficient (Wildman–Crippen LogP) is 1.03. The molecular weight excluding hydrogens is 223 g/mol. The molecule has 0 atom stereocenters. The summed E-state index contributed by atoms with van der Waals surface area (Å²) >= 11 is 0. The molecule has 3 N–H and O–H groups in total. The van der Waals surface area contributed by atoms with Crippen LogP contribution in [-0.2, 0) is 0 Å². The Morgan fingerprint density at radius 3 is 2.88 bits per heavy atom. The van der Waals surface area contributed by atoms with Crippen molar-refractivity contribution in [3.8, 4) is 0 Å². The van der Waals surface area contributed by atoms with E-state index in [2.05, 4.69) is 6.58 Å². The van der Waals surface area contributed by atoms with Crippen molar-refractivity contribution >= 4 is 11.6 Å². The molecule has 0 radical (unpaired) electrons. The number of aliphatic hydroxyl groups excluding tert-OH is 1. The smallest absolute Gasteiger partial charge is 0.257 e. The van der Waals surface area contributed by atoms with Crippen LogP contribution in [0.15, 0.2) is 30.9 Å². The lowest BCUT2D eigenvalue weighted by molar-refractivity contribution is 0.0738. The average molecular weight is 238 g/mol. The number of nitrogen functional groups attached to an aromatic ring is 1. The number of amides is 1. The highest BCUT2D eigenvalue weighted by atomic mass is 19.1. The molecule has 1 aromatic carbocycles. The molecule has 1 rings (SSSR count). The van der Waals surface area contributed by atoms with Crippen LogP contribution in [0.25, 0.3) is 0 Å². The fraction of sp³-hybridized carbons (Fsp3) is 0.250. The van der Waals surface area contributed by atoms with Crippen molar-refractivity contribution in [1.29, 1.82) is 0 Å². The molecule has 0 aromatic heterocycles. The van der Waals surface area contributed by atoms with Gasteiger partial charge in [0, 0.05) is 18.8 Å². The van der Waals surface area contributed by atoms with Gasteiger partial charge in [-0.05, 0) is 18.2 Å². The molecule has 0 saturated carbocycles. The molecule has 0 aliphatic rings. The van der Waals surface area contributed by atoms with Crippen LogP contribution in [0.2, 0.25) is 0 Å². The van der Waals surface area contributed by atoms with Crippen molar-refractivity contribution < 1.29 is 14.3 Å². The van der Waals surface area contributed by atoms with Gasteiger partial charge in [-0.25, -0.2) is 4.39 Å². The summed E-state index contributed by atoms with van der Waals surface area (Å²) in [7, 11) is 0. The van der Waals surface area contributed by atoms with Gasteiger partial charge in [0.1, 0.15) is 5.82 Å². The van der Waals surface area contributed by atoms with Gasteiger partial charge in [0.05, 0.1) is 12.2 Å². The van der Waals surface area contributed by atoms with Gasteiger partial charge in [-0.15, -0.1) is 6.58 Å². The lowest BCUT2D eigenvalue weighted by Crippen LogP contribution is -2.34. The molecule has 0 fully saturated rings. The predicted molar refractivity (Wildman–Crippen MR) is 64.0 cm³/mol. The van der Waals surface area contributed by atoms with Gasteiger partial charge in [0.25, 0.3) is 5.91 Å². The Bertz CT molecular complexity index is 421. The minimum absolute atomic E-state index is 0.0969. The molecule has 0 bridgehead atoms. The van der Waals surface area contributed by atoms with Crippen LogP contribution < -0.4 is 5.73 Å². The van der Waals surface area contributed by atoms with E-state index in [1.165, 1.54) is 23.1 Å². The molecule has 0 aliphatic heterocycles. The minimum atomic E-state index is -0.629. The Morgan fingerprint density at radius 2 is 2.29 bits per heavy atom. The van der Waals surface area contributed by atoms with Gasteiger partial charge in [0.15, 0.2) is 0 Å². The number of carbonyl (C=O) groups excluding carboxylic acids is 1. The fourth-order valence-corrected chi connectivity index (χ4v) is 1.43. The molecule has 0 aliphatic carbocycles. The molecule has 0 saturated heterocycles. The van der Waals surface area contributed by atoms with Crippen LogP contribution in [0.5, 0.6) is 0 Å². The lowest BCUT2D eigenvalue weighted by Gasteiger charge is -2.20. The second kappa shape index (κ2) is 6.00. The van der Waals surface area contributed by atoms with Gasteiger partial charge in [-0.1, -0.05) is 6.08 Å². The third-order valence-electron chi connectivity index (χ3n) is 2.23. The van der Waals surface area contributed by atoms with Gasteiger partial charge in [-0.3, -0.25) is 4.79 Å². The van der Waals surface area contributed by atoms with E-state index >= 15 is 0 Å². The standard InChI is InChI=1S/C12H15FN2O2/c1-2-5-15(6-7-16)12(17)10-8-9(14)3-4-11(10)13/h2-4,8,16H,1,5-7,14H2. The average Bonchev–Trinajstić information content (AvgIpc) is 2.31. The van der Waals surface area contributed by atoms with E-state index in [4.69, 9.17) is 10.8 Å². The Kier molecular flexibility index (Phi) is 4.66. The number of carbonyl (C=O) groups is 1. The van der Waals surface area contributed by atoms with E-state index in [-0.39, 0.29) is 25.3 Å². The number of nitrogens with two attached hydrogens (primary N) is 1. The van der Waals surface area contributed by atoms with E-state index in [1.807, 2.05) is 0 Å². The normalized spacial score (nSPS) is 10.0. The molecule has 4 nitrogen and oxygen atoms in total. The second-order valence-corrected chi connectivity index (χ2v) is 3.50. The van der Waals surface area contributed by atoms with Crippen LogP contribution in [0.3, 0.4) is 0 Å². The largest absolute Gasteiger partial charge is 0.399 e. The number of nitrogens with zero attached hydrogens (tertiary/aromatic N) is 1. The zero-order valence-electron chi connectivity index (χ0n) is 9.40. The summed E-state index contributed by atoms with van der Waals surface area (Å²) in [4.78, 5) is 13.3. The van der Waals surface area contributed by atoms with Crippen molar-refractivity contribution in [1.82, 2.24) is 4.90 Å². The van der Waals surface area contributed by atoms with E-state index < -0.39 is 11.7 Å². The van der Waals surface area contributed by atoms with E-state index in [9.17, 15) is 9.18 Å². The Hall–Kier alpha value is -1.88. The number of halogens is 1.